The molecule has 1 unspecified atom stereocenters. The predicted molar refractivity (Wildman–Crippen MR) is 31.5 cm³/mol. The van der Waals surface area contributed by atoms with Crippen molar-refractivity contribution < 1.29 is 14.6 Å². The summed E-state index contributed by atoms with van der Waals surface area (Å²) in [6.07, 6.45) is -0.616. The summed E-state index contributed by atoms with van der Waals surface area (Å²) >= 11 is 0. The molecule has 1 amide bonds. The number of carbonyl (C=O) groups is 1. The van der Waals surface area contributed by atoms with Crippen LogP contribution in [0.25, 0.3) is 0 Å². The lowest BCUT2D eigenvalue weighted by molar-refractivity contribution is 0.130. The molecule has 4 heteroatoms. The summed E-state index contributed by atoms with van der Waals surface area (Å²) in [6.45, 7) is 4.55. The van der Waals surface area contributed by atoms with Gasteiger partial charge in [-0.2, -0.15) is 0 Å². The Morgan fingerprint density at radius 2 is 2.56 bits per heavy atom. The number of nitrogens with one attached hydrogen (secondary N) is 1. The SMILES string of the molecule is C=COC(=O)NC(C)O. The fraction of sp³-hybridized carbons (Fsp3) is 0.400. The molecule has 9 heavy (non-hydrogen) atoms. The third-order valence-electron chi connectivity index (χ3n) is 0.517. The smallest absolute Gasteiger partial charge is 0.414 e. The maximum atomic E-state index is 10.3. The molecule has 0 rings (SSSR count). The molecule has 0 saturated heterocycles. The lowest BCUT2D eigenvalue weighted by Crippen LogP contribution is -2.31. The second-order valence-electron chi connectivity index (χ2n) is 1.39. The Morgan fingerprint density at radius 1 is 2.00 bits per heavy atom. The molecule has 0 radical (unpaired) electrons. The van der Waals surface area contributed by atoms with E-state index >= 15 is 0 Å². The first-order valence-corrected chi connectivity index (χ1v) is 2.43. The molecule has 0 aromatic rings. The van der Waals surface area contributed by atoms with Gasteiger partial charge in [-0.15, -0.1) is 0 Å². The van der Waals surface area contributed by atoms with Crippen molar-refractivity contribution in [2.75, 3.05) is 0 Å². The van der Waals surface area contributed by atoms with Gasteiger partial charge in [0.05, 0.1) is 6.26 Å². The number of alkyl carbamates (subject to hydrolysis) is 1. The van der Waals surface area contributed by atoms with Crippen LogP contribution in [0.5, 0.6) is 0 Å². The maximum Gasteiger partial charge on any atom is 0.414 e. The normalized spacial score (nSPS) is 11.8. The lowest BCUT2D eigenvalue weighted by Gasteiger charge is -2.03. The second kappa shape index (κ2) is 3.91. The number of carbonyl (C=O) groups excluding carboxylic acids is 1. The van der Waals surface area contributed by atoms with Crippen molar-refractivity contribution in [1.29, 1.82) is 0 Å². The topological polar surface area (TPSA) is 58.6 Å². The summed E-state index contributed by atoms with van der Waals surface area (Å²) in [5.74, 6) is 0. The van der Waals surface area contributed by atoms with E-state index in [4.69, 9.17) is 5.11 Å². The van der Waals surface area contributed by atoms with Crippen molar-refractivity contribution >= 4 is 6.09 Å². The minimum Gasteiger partial charge on any atom is -0.419 e. The van der Waals surface area contributed by atoms with Crippen molar-refractivity contribution in [3.05, 3.63) is 12.8 Å². The summed E-state index contributed by atoms with van der Waals surface area (Å²) in [7, 11) is 0. The van der Waals surface area contributed by atoms with E-state index in [9.17, 15) is 4.79 Å². The summed E-state index contributed by atoms with van der Waals surface area (Å²) < 4.78 is 4.21. The molecule has 52 valence electrons. The molecular weight excluding hydrogens is 122 g/mol. The zero-order chi connectivity index (χ0) is 7.28. The van der Waals surface area contributed by atoms with Gasteiger partial charge in [-0.05, 0) is 6.92 Å². The van der Waals surface area contributed by atoms with Crippen LogP contribution in [0.4, 0.5) is 4.79 Å². The third-order valence-corrected chi connectivity index (χ3v) is 0.517. The van der Waals surface area contributed by atoms with E-state index in [1.165, 1.54) is 6.92 Å². The predicted octanol–water partition coefficient (Wildman–Crippen LogP) is 0.194. The van der Waals surface area contributed by atoms with Gasteiger partial charge in [0, 0.05) is 0 Å². The van der Waals surface area contributed by atoms with E-state index in [0.29, 0.717) is 0 Å². The van der Waals surface area contributed by atoms with E-state index in [0.717, 1.165) is 6.26 Å². The highest BCUT2D eigenvalue weighted by molar-refractivity contribution is 5.67. The summed E-state index contributed by atoms with van der Waals surface area (Å²) in [4.78, 5) is 10.3. The standard InChI is InChI=1S/C5H9NO3/c1-3-9-5(8)6-4(2)7/h3-4,7H,1H2,2H3,(H,6,8). The monoisotopic (exact) mass is 131 g/mol. The van der Waals surface area contributed by atoms with E-state index in [-0.39, 0.29) is 0 Å². The molecule has 0 aliphatic carbocycles. The van der Waals surface area contributed by atoms with Gasteiger partial charge in [0.1, 0.15) is 6.23 Å². The minimum absolute atomic E-state index is 0.708. The minimum atomic E-state index is -0.891. The molecule has 4 nitrogen and oxygen atoms in total. The van der Waals surface area contributed by atoms with Crippen LogP contribution >= 0.6 is 0 Å². The van der Waals surface area contributed by atoms with Gasteiger partial charge in [0.25, 0.3) is 0 Å². The van der Waals surface area contributed by atoms with Crippen LogP contribution in [0.3, 0.4) is 0 Å². The Kier molecular flexibility index (Phi) is 3.46. The molecule has 0 saturated carbocycles. The number of hydrogen-bond donors (Lipinski definition) is 2. The number of rotatable bonds is 2. The van der Waals surface area contributed by atoms with Crippen molar-refractivity contribution in [2.45, 2.75) is 13.2 Å². The first kappa shape index (κ1) is 7.97. The van der Waals surface area contributed by atoms with Crippen LogP contribution in [0.2, 0.25) is 0 Å². The summed E-state index contributed by atoms with van der Waals surface area (Å²) in [6, 6.07) is 0. The fourth-order valence-corrected chi connectivity index (χ4v) is 0.280. The molecule has 0 aromatic carbocycles. The molecular formula is C5H9NO3. The van der Waals surface area contributed by atoms with Crippen molar-refractivity contribution in [3.8, 4) is 0 Å². The van der Waals surface area contributed by atoms with Crippen LogP contribution in [0.15, 0.2) is 12.8 Å². The number of aliphatic hydroxyl groups is 1. The van der Waals surface area contributed by atoms with Crippen molar-refractivity contribution in [2.24, 2.45) is 0 Å². The van der Waals surface area contributed by atoms with E-state index in [1.807, 2.05) is 0 Å². The maximum absolute atomic E-state index is 10.3. The lowest BCUT2D eigenvalue weighted by atomic mass is 10.7. The number of ether oxygens (including phenoxy) is 1. The highest BCUT2D eigenvalue weighted by Crippen LogP contribution is 1.78. The Morgan fingerprint density at radius 3 is 2.89 bits per heavy atom. The van der Waals surface area contributed by atoms with Crippen LogP contribution in [-0.2, 0) is 4.74 Å². The van der Waals surface area contributed by atoms with Crippen LogP contribution in [0.1, 0.15) is 6.92 Å². The van der Waals surface area contributed by atoms with Gasteiger partial charge in [-0.25, -0.2) is 4.79 Å². The molecule has 2 N–H and O–H groups in total. The first-order chi connectivity index (χ1) is 4.16. The quantitative estimate of drug-likeness (QED) is 0.415. The molecule has 0 fully saturated rings. The molecule has 0 spiro atoms. The van der Waals surface area contributed by atoms with Crippen molar-refractivity contribution in [3.63, 3.8) is 0 Å². The highest BCUT2D eigenvalue weighted by atomic mass is 16.5. The number of hydrogen-bond acceptors (Lipinski definition) is 3. The summed E-state index contributed by atoms with van der Waals surface area (Å²) in [5.41, 5.74) is 0. The van der Waals surface area contributed by atoms with E-state index in [2.05, 4.69) is 16.6 Å². The Balaban J connectivity index is 3.38. The molecule has 0 aromatic heterocycles. The number of aliphatic hydroxyl groups excluding tert-OH is 1. The number of amides is 1. The summed E-state index contributed by atoms with van der Waals surface area (Å²) in [5, 5.41) is 10.6. The zero-order valence-electron chi connectivity index (χ0n) is 5.13. The van der Waals surface area contributed by atoms with Crippen LogP contribution in [-0.4, -0.2) is 17.4 Å². The molecule has 1 atom stereocenters. The van der Waals surface area contributed by atoms with Gasteiger partial charge in [0.15, 0.2) is 0 Å². The Labute approximate surface area is 53.1 Å². The van der Waals surface area contributed by atoms with Gasteiger partial charge in [0.2, 0.25) is 0 Å². The van der Waals surface area contributed by atoms with Crippen LogP contribution < -0.4 is 5.32 Å². The van der Waals surface area contributed by atoms with Gasteiger partial charge in [-0.3, -0.25) is 5.32 Å². The average molecular weight is 131 g/mol. The van der Waals surface area contributed by atoms with Crippen LogP contribution in [0, 0.1) is 0 Å². The third kappa shape index (κ3) is 4.83. The molecule has 0 heterocycles. The largest absolute Gasteiger partial charge is 0.419 e. The van der Waals surface area contributed by atoms with Crippen molar-refractivity contribution in [1.82, 2.24) is 5.32 Å². The first-order valence-electron chi connectivity index (χ1n) is 2.43. The van der Waals surface area contributed by atoms with Gasteiger partial charge in [-0.1, -0.05) is 6.58 Å². The second-order valence-corrected chi connectivity index (χ2v) is 1.39. The Hall–Kier alpha value is -1.03. The molecule has 0 bridgehead atoms. The molecule has 0 aliphatic rings. The Bertz CT molecular complexity index is 111. The van der Waals surface area contributed by atoms with Gasteiger partial charge >= 0.3 is 6.09 Å². The van der Waals surface area contributed by atoms with E-state index in [1.54, 1.807) is 0 Å². The van der Waals surface area contributed by atoms with E-state index < -0.39 is 12.3 Å². The fourth-order valence-electron chi connectivity index (χ4n) is 0.280. The highest BCUT2D eigenvalue weighted by Gasteiger charge is 2.00. The zero-order valence-corrected chi connectivity index (χ0v) is 5.13. The van der Waals surface area contributed by atoms with Gasteiger partial charge < -0.3 is 9.84 Å². The average Bonchev–Trinajstić information content (AvgIpc) is 1.63. The molecule has 0 aliphatic heterocycles.